The van der Waals surface area contributed by atoms with Gasteiger partial charge in [-0.1, -0.05) is 11.3 Å². The molecule has 1 saturated heterocycles. The third kappa shape index (κ3) is 3.23. The van der Waals surface area contributed by atoms with Gasteiger partial charge in [0.25, 0.3) is 10.0 Å². The molecular weight excluding hydrogens is 310 g/mol. The van der Waals surface area contributed by atoms with Gasteiger partial charge < -0.3 is 10.2 Å². The Bertz CT molecular complexity index is 594. The summed E-state index contributed by atoms with van der Waals surface area (Å²) in [6, 6.07) is 0.975. The quantitative estimate of drug-likeness (QED) is 0.373. The molecule has 2 rings (SSSR count). The van der Waals surface area contributed by atoms with Crippen molar-refractivity contribution in [2.45, 2.75) is 4.21 Å². The molecule has 0 saturated carbocycles. The number of nitrogens with one attached hydrogen (secondary N) is 2. The van der Waals surface area contributed by atoms with Crippen molar-refractivity contribution in [2.75, 3.05) is 31.7 Å². The van der Waals surface area contributed by atoms with E-state index in [-0.39, 0.29) is 14.9 Å². The van der Waals surface area contributed by atoms with E-state index in [2.05, 4.69) is 10.3 Å². The van der Waals surface area contributed by atoms with Crippen LogP contribution in [0.1, 0.15) is 0 Å². The average molecular weight is 323 g/mol. The van der Waals surface area contributed by atoms with Crippen molar-refractivity contribution in [3.05, 3.63) is 16.2 Å². The van der Waals surface area contributed by atoms with Gasteiger partial charge in [-0.15, -0.1) is 4.83 Å². The fraction of sp³-hybridized carbons (Fsp3) is 0.500. The van der Waals surface area contributed by atoms with Gasteiger partial charge in [0.05, 0.1) is 18.1 Å². The van der Waals surface area contributed by atoms with E-state index in [4.69, 9.17) is 10.6 Å². The summed E-state index contributed by atoms with van der Waals surface area (Å²) in [4.78, 5) is 12.5. The molecular formula is C8H13N5O5S2. The number of nitro groups is 1. The molecule has 0 aromatic carbocycles. The summed E-state index contributed by atoms with van der Waals surface area (Å²) in [5, 5.41) is 12.3. The van der Waals surface area contributed by atoms with Crippen LogP contribution in [0.25, 0.3) is 0 Å². The molecule has 0 amide bonds. The summed E-state index contributed by atoms with van der Waals surface area (Å²) in [6.07, 6.45) is 0. The lowest BCUT2D eigenvalue weighted by Crippen LogP contribution is -2.48. The van der Waals surface area contributed by atoms with E-state index in [0.29, 0.717) is 37.6 Å². The van der Waals surface area contributed by atoms with Gasteiger partial charge in [-0.3, -0.25) is 10.1 Å². The van der Waals surface area contributed by atoms with Crippen LogP contribution in [0.5, 0.6) is 0 Å². The van der Waals surface area contributed by atoms with Gasteiger partial charge in [-0.2, -0.15) is 0 Å². The van der Waals surface area contributed by atoms with Crippen molar-refractivity contribution >= 4 is 32.0 Å². The van der Waals surface area contributed by atoms with Gasteiger partial charge >= 0.3 is 5.69 Å². The highest BCUT2D eigenvalue weighted by molar-refractivity contribution is 7.91. The molecule has 0 spiro atoms. The summed E-state index contributed by atoms with van der Waals surface area (Å²) in [5.74, 6) is 5.14. The van der Waals surface area contributed by atoms with Gasteiger partial charge in [-0.05, 0) is 0 Å². The first-order chi connectivity index (χ1) is 9.44. The fourth-order valence-electron chi connectivity index (χ4n) is 1.60. The minimum atomic E-state index is -3.87. The monoisotopic (exact) mass is 323 g/mol. The average Bonchev–Trinajstić information content (AvgIpc) is 2.84. The number of rotatable bonds is 5. The highest BCUT2D eigenvalue weighted by Crippen LogP contribution is 2.36. The maximum Gasteiger partial charge on any atom is 0.306 e. The van der Waals surface area contributed by atoms with Crippen molar-refractivity contribution in [1.82, 2.24) is 9.84 Å². The summed E-state index contributed by atoms with van der Waals surface area (Å²) in [6.45, 7) is 1.66. The van der Waals surface area contributed by atoms with Crippen LogP contribution in [-0.4, -0.2) is 44.7 Å². The van der Waals surface area contributed by atoms with Crippen molar-refractivity contribution < 1.29 is 18.1 Å². The first-order valence-corrected chi connectivity index (χ1v) is 7.84. The van der Waals surface area contributed by atoms with E-state index in [0.717, 1.165) is 6.07 Å². The molecule has 1 aromatic rings. The number of thiophene rings is 1. The summed E-state index contributed by atoms with van der Waals surface area (Å²) in [7, 11) is -3.87. The predicted molar refractivity (Wildman–Crippen MR) is 71.5 cm³/mol. The Morgan fingerprint density at radius 2 is 2.10 bits per heavy atom. The molecule has 0 aliphatic carbocycles. The molecule has 12 heteroatoms. The second-order valence-corrected chi connectivity index (χ2v) is 6.82. The number of anilines is 1. The zero-order chi connectivity index (χ0) is 14.8. The molecule has 0 bridgehead atoms. The first-order valence-electron chi connectivity index (χ1n) is 5.54. The molecule has 0 radical (unpaired) electrons. The Labute approximate surface area is 118 Å². The van der Waals surface area contributed by atoms with Crippen LogP contribution in [0, 0.1) is 10.1 Å². The Kier molecular flexibility index (Phi) is 4.52. The SMILES string of the molecule is NNc1sc(S(=O)(=O)NN2CCOCC2)cc1[N+](=O)[O-]. The number of sulfonamides is 1. The topological polar surface area (TPSA) is 140 Å². The summed E-state index contributed by atoms with van der Waals surface area (Å²) in [5.41, 5.74) is 1.75. The molecule has 1 aliphatic heterocycles. The zero-order valence-corrected chi connectivity index (χ0v) is 11.9. The van der Waals surface area contributed by atoms with E-state index in [9.17, 15) is 18.5 Å². The Hall–Kier alpha value is -1.31. The molecule has 20 heavy (non-hydrogen) atoms. The largest absolute Gasteiger partial charge is 0.379 e. The Morgan fingerprint density at radius 1 is 1.45 bits per heavy atom. The third-order valence-corrected chi connectivity index (χ3v) is 5.45. The number of nitrogens with zero attached hydrogens (tertiary/aromatic N) is 2. The molecule has 112 valence electrons. The number of ether oxygens (including phenoxy) is 1. The van der Waals surface area contributed by atoms with Gasteiger partial charge in [0, 0.05) is 19.2 Å². The van der Waals surface area contributed by atoms with Crippen LogP contribution < -0.4 is 16.1 Å². The number of hydrazine groups is 2. The van der Waals surface area contributed by atoms with Crippen molar-refractivity contribution in [3.63, 3.8) is 0 Å². The van der Waals surface area contributed by atoms with Crippen LogP contribution in [0.15, 0.2) is 10.3 Å². The van der Waals surface area contributed by atoms with Gasteiger partial charge in [-0.25, -0.2) is 19.3 Å². The molecule has 4 N–H and O–H groups in total. The minimum Gasteiger partial charge on any atom is -0.379 e. The van der Waals surface area contributed by atoms with Gasteiger partial charge in [0.1, 0.15) is 4.21 Å². The molecule has 0 unspecified atom stereocenters. The normalized spacial score (nSPS) is 17.1. The highest BCUT2D eigenvalue weighted by atomic mass is 32.2. The van der Waals surface area contributed by atoms with Crippen molar-refractivity contribution in [2.24, 2.45) is 5.84 Å². The highest BCUT2D eigenvalue weighted by Gasteiger charge is 2.27. The van der Waals surface area contributed by atoms with Crippen LogP contribution in [0.2, 0.25) is 0 Å². The Balaban J connectivity index is 2.22. The van der Waals surface area contributed by atoms with Crippen LogP contribution in [0.3, 0.4) is 0 Å². The number of morpholine rings is 1. The fourth-order valence-corrected chi connectivity index (χ4v) is 3.95. The van der Waals surface area contributed by atoms with E-state index >= 15 is 0 Å². The Morgan fingerprint density at radius 3 is 2.60 bits per heavy atom. The molecule has 10 nitrogen and oxygen atoms in total. The number of hydrogen-bond acceptors (Lipinski definition) is 9. The molecule has 1 aromatic heterocycles. The zero-order valence-electron chi connectivity index (χ0n) is 10.2. The van der Waals surface area contributed by atoms with Gasteiger partial charge in [0.15, 0.2) is 5.00 Å². The van der Waals surface area contributed by atoms with Gasteiger partial charge in [0.2, 0.25) is 0 Å². The number of nitrogen functional groups attached to an aromatic ring is 1. The van der Waals surface area contributed by atoms with E-state index in [1.807, 2.05) is 0 Å². The third-order valence-electron chi connectivity index (χ3n) is 2.54. The molecule has 1 fully saturated rings. The summed E-state index contributed by atoms with van der Waals surface area (Å²) >= 11 is 0.697. The van der Waals surface area contributed by atoms with Crippen molar-refractivity contribution in [1.29, 1.82) is 0 Å². The number of hydrogen-bond donors (Lipinski definition) is 3. The van der Waals surface area contributed by atoms with E-state index < -0.39 is 14.9 Å². The van der Waals surface area contributed by atoms with Crippen LogP contribution >= 0.6 is 11.3 Å². The maximum atomic E-state index is 12.1. The van der Waals surface area contributed by atoms with Crippen molar-refractivity contribution in [3.8, 4) is 0 Å². The van der Waals surface area contributed by atoms with Crippen LogP contribution in [-0.2, 0) is 14.8 Å². The lowest BCUT2D eigenvalue weighted by Gasteiger charge is -2.26. The second kappa shape index (κ2) is 5.99. The lowest BCUT2D eigenvalue weighted by atomic mass is 10.5. The second-order valence-electron chi connectivity index (χ2n) is 3.88. The number of nitrogens with two attached hydrogens (primary N) is 1. The summed E-state index contributed by atoms with van der Waals surface area (Å²) < 4.78 is 29.2. The smallest absolute Gasteiger partial charge is 0.306 e. The molecule has 1 aliphatic rings. The molecule has 0 atom stereocenters. The first kappa shape index (κ1) is 15.1. The minimum absolute atomic E-state index is 0.0163. The maximum absolute atomic E-state index is 12.1. The van der Waals surface area contributed by atoms with Crippen LogP contribution in [0.4, 0.5) is 10.7 Å². The van der Waals surface area contributed by atoms with E-state index in [1.165, 1.54) is 5.01 Å². The lowest BCUT2D eigenvalue weighted by molar-refractivity contribution is -0.383. The standard InChI is InChI=1S/C8H13N5O5S2/c9-10-8-6(13(14)15)5-7(19-8)20(16,17)11-12-1-3-18-4-2-12/h5,10-11H,1-4,9H2. The van der Waals surface area contributed by atoms with E-state index in [1.54, 1.807) is 0 Å². The molecule has 2 heterocycles. The predicted octanol–water partition coefficient (Wildman–Crippen LogP) is -0.533.